The van der Waals surface area contributed by atoms with E-state index in [0.717, 1.165) is 0 Å². The molecular formula is C14H26ClN3O4S. The summed E-state index contributed by atoms with van der Waals surface area (Å²) in [6, 6.07) is 1.27. The van der Waals surface area contributed by atoms with Crippen molar-refractivity contribution in [2.45, 2.75) is 38.3 Å². The Hall–Kier alpha value is -1.09. The van der Waals surface area contributed by atoms with Gasteiger partial charge in [-0.15, -0.1) is 12.4 Å². The van der Waals surface area contributed by atoms with Crippen molar-refractivity contribution < 1.29 is 17.6 Å². The summed E-state index contributed by atoms with van der Waals surface area (Å²) in [7, 11) is -0.757. The molecule has 1 unspecified atom stereocenters. The number of rotatable bonds is 7. The smallest absolute Gasteiger partial charge is 0.273 e. The van der Waals surface area contributed by atoms with Crippen LogP contribution >= 0.6 is 12.4 Å². The maximum atomic E-state index is 12.4. The zero-order chi connectivity index (χ0) is 17.1. The lowest BCUT2D eigenvalue weighted by atomic mass is 10.0. The molecule has 1 heterocycles. The third kappa shape index (κ3) is 5.49. The quantitative estimate of drug-likeness (QED) is 0.756. The van der Waals surface area contributed by atoms with Gasteiger partial charge in [-0.05, 0) is 26.3 Å². The van der Waals surface area contributed by atoms with Gasteiger partial charge in [0.25, 0.3) is 15.9 Å². The van der Waals surface area contributed by atoms with Crippen LogP contribution in [0.1, 0.15) is 36.4 Å². The van der Waals surface area contributed by atoms with E-state index >= 15 is 0 Å². The number of amides is 1. The highest BCUT2D eigenvalue weighted by Crippen LogP contribution is 2.20. The Morgan fingerprint density at radius 1 is 1.43 bits per heavy atom. The molecule has 0 saturated carbocycles. The average Bonchev–Trinajstić information content (AvgIpc) is 2.86. The first-order valence-electron chi connectivity index (χ1n) is 7.15. The van der Waals surface area contributed by atoms with E-state index in [-0.39, 0.29) is 40.8 Å². The number of aryl methyl sites for hydroxylation is 1. The molecule has 134 valence electrons. The standard InChI is InChI=1S/C14H25N3O4S.ClH/c1-9(2)12(15)6-7-17(5)14(18)11-8-13(21-10(11)3)22(19,20)16-4;/h8-9,12,16H,6-7,15H2,1-5H3;1H. The van der Waals surface area contributed by atoms with Crippen LogP contribution in [0.2, 0.25) is 0 Å². The Bertz CT molecular complexity index is 628. The molecule has 0 radical (unpaired) electrons. The molecule has 0 saturated heterocycles. The number of furan rings is 1. The Labute approximate surface area is 144 Å². The SMILES string of the molecule is CNS(=O)(=O)c1cc(C(=O)N(C)CCC(N)C(C)C)c(C)o1.Cl. The number of nitrogens with two attached hydrogens (primary N) is 1. The number of carbonyl (C=O) groups excluding carboxylic acids is 1. The van der Waals surface area contributed by atoms with Crippen molar-refractivity contribution >= 4 is 28.3 Å². The summed E-state index contributed by atoms with van der Waals surface area (Å²) in [6.45, 7) is 6.12. The fraction of sp³-hybridized carbons (Fsp3) is 0.643. The molecule has 7 nitrogen and oxygen atoms in total. The number of hydrogen-bond acceptors (Lipinski definition) is 5. The van der Waals surface area contributed by atoms with Gasteiger partial charge in [-0.2, -0.15) is 0 Å². The van der Waals surface area contributed by atoms with Gasteiger partial charge in [0.05, 0.1) is 5.56 Å². The van der Waals surface area contributed by atoms with E-state index in [0.29, 0.717) is 18.9 Å². The van der Waals surface area contributed by atoms with Gasteiger partial charge >= 0.3 is 0 Å². The largest absolute Gasteiger partial charge is 0.448 e. The normalized spacial score (nSPS) is 12.8. The first-order chi connectivity index (χ1) is 10.1. The van der Waals surface area contributed by atoms with E-state index in [4.69, 9.17) is 10.2 Å². The lowest BCUT2D eigenvalue weighted by Crippen LogP contribution is -2.34. The Balaban J connectivity index is 0.00000484. The van der Waals surface area contributed by atoms with Crippen LogP contribution in [0.3, 0.4) is 0 Å². The summed E-state index contributed by atoms with van der Waals surface area (Å²) in [5.41, 5.74) is 6.21. The van der Waals surface area contributed by atoms with Crippen molar-refractivity contribution in [1.82, 2.24) is 9.62 Å². The molecule has 1 aromatic rings. The van der Waals surface area contributed by atoms with Crippen LogP contribution in [0.25, 0.3) is 0 Å². The molecule has 0 bridgehead atoms. The number of nitrogens with zero attached hydrogens (tertiary/aromatic N) is 1. The maximum absolute atomic E-state index is 12.4. The van der Waals surface area contributed by atoms with Crippen LogP contribution in [0.4, 0.5) is 0 Å². The van der Waals surface area contributed by atoms with E-state index in [1.54, 1.807) is 14.0 Å². The fourth-order valence-corrected chi connectivity index (χ4v) is 2.59. The number of hydrogen-bond donors (Lipinski definition) is 2. The van der Waals surface area contributed by atoms with Crippen LogP contribution in [0.5, 0.6) is 0 Å². The van der Waals surface area contributed by atoms with Crippen LogP contribution in [0, 0.1) is 12.8 Å². The summed E-state index contributed by atoms with van der Waals surface area (Å²) in [5, 5.41) is -0.261. The molecule has 0 fully saturated rings. The number of sulfonamides is 1. The van der Waals surface area contributed by atoms with Gasteiger partial charge in [-0.1, -0.05) is 13.8 Å². The minimum atomic E-state index is -3.70. The molecule has 0 spiro atoms. The van der Waals surface area contributed by atoms with Crippen LogP contribution in [0.15, 0.2) is 15.6 Å². The van der Waals surface area contributed by atoms with E-state index in [9.17, 15) is 13.2 Å². The van der Waals surface area contributed by atoms with E-state index in [1.165, 1.54) is 18.0 Å². The molecule has 1 rings (SSSR count). The first kappa shape index (κ1) is 21.9. The minimum absolute atomic E-state index is 0. The van der Waals surface area contributed by atoms with Gasteiger partial charge in [0.15, 0.2) is 0 Å². The van der Waals surface area contributed by atoms with E-state index < -0.39 is 10.0 Å². The maximum Gasteiger partial charge on any atom is 0.273 e. The third-order valence-corrected chi connectivity index (χ3v) is 4.93. The van der Waals surface area contributed by atoms with Gasteiger partial charge in [0, 0.05) is 25.7 Å². The average molecular weight is 368 g/mol. The highest BCUT2D eigenvalue weighted by Gasteiger charge is 2.24. The molecule has 1 atom stereocenters. The van der Waals surface area contributed by atoms with Gasteiger partial charge in [0.2, 0.25) is 5.09 Å². The molecule has 1 aromatic heterocycles. The molecule has 9 heteroatoms. The molecule has 1 amide bonds. The zero-order valence-electron chi connectivity index (χ0n) is 14.1. The molecule has 0 aromatic carbocycles. The van der Waals surface area contributed by atoms with Crippen molar-refractivity contribution in [2.75, 3.05) is 20.6 Å². The third-order valence-electron chi connectivity index (χ3n) is 3.66. The number of carbonyl (C=O) groups is 1. The molecule has 23 heavy (non-hydrogen) atoms. The van der Waals surface area contributed by atoms with Crippen molar-refractivity contribution in [3.05, 3.63) is 17.4 Å². The first-order valence-corrected chi connectivity index (χ1v) is 8.63. The summed E-state index contributed by atoms with van der Waals surface area (Å²) in [4.78, 5) is 13.9. The number of halogens is 1. The topological polar surface area (TPSA) is 106 Å². The molecule has 3 N–H and O–H groups in total. The van der Waals surface area contributed by atoms with Gasteiger partial charge in [-0.3, -0.25) is 4.79 Å². The Morgan fingerprint density at radius 2 is 2.00 bits per heavy atom. The van der Waals surface area contributed by atoms with Crippen molar-refractivity contribution in [2.24, 2.45) is 11.7 Å². The monoisotopic (exact) mass is 367 g/mol. The highest BCUT2D eigenvalue weighted by atomic mass is 35.5. The predicted molar refractivity (Wildman–Crippen MR) is 91.3 cm³/mol. The second-order valence-corrected chi connectivity index (χ2v) is 7.48. The minimum Gasteiger partial charge on any atom is -0.448 e. The van der Waals surface area contributed by atoms with Crippen molar-refractivity contribution in [1.29, 1.82) is 0 Å². The second kappa shape index (κ2) is 8.68. The predicted octanol–water partition coefficient (Wildman–Crippen LogP) is 1.36. The van der Waals surface area contributed by atoms with Crippen LogP contribution < -0.4 is 10.5 Å². The Kier molecular flexibility index (Phi) is 8.26. The number of nitrogens with one attached hydrogen (secondary N) is 1. The van der Waals surface area contributed by atoms with E-state index in [1.807, 2.05) is 13.8 Å². The summed E-state index contributed by atoms with van der Waals surface area (Å²) >= 11 is 0. The molecule has 0 aliphatic carbocycles. The van der Waals surface area contributed by atoms with Gasteiger partial charge in [0.1, 0.15) is 5.76 Å². The molecule has 0 aliphatic heterocycles. The van der Waals surface area contributed by atoms with Gasteiger partial charge < -0.3 is 15.1 Å². The van der Waals surface area contributed by atoms with Crippen LogP contribution in [-0.4, -0.2) is 45.9 Å². The summed E-state index contributed by atoms with van der Waals surface area (Å²) in [6.07, 6.45) is 0.679. The van der Waals surface area contributed by atoms with E-state index in [2.05, 4.69) is 4.72 Å². The second-order valence-electron chi connectivity index (χ2n) is 5.67. The van der Waals surface area contributed by atoms with Crippen molar-refractivity contribution in [3.63, 3.8) is 0 Å². The zero-order valence-corrected chi connectivity index (χ0v) is 15.8. The summed E-state index contributed by atoms with van der Waals surface area (Å²) < 4.78 is 30.7. The van der Waals surface area contributed by atoms with Gasteiger partial charge in [-0.25, -0.2) is 13.1 Å². The highest BCUT2D eigenvalue weighted by molar-refractivity contribution is 7.89. The fourth-order valence-electron chi connectivity index (χ4n) is 1.88. The van der Waals surface area contributed by atoms with Crippen LogP contribution in [-0.2, 0) is 10.0 Å². The lowest BCUT2D eigenvalue weighted by molar-refractivity contribution is 0.0787. The Morgan fingerprint density at radius 3 is 2.48 bits per heavy atom. The molecular weight excluding hydrogens is 342 g/mol. The van der Waals surface area contributed by atoms with Crippen molar-refractivity contribution in [3.8, 4) is 0 Å². The lowest BCUT2D eigenvalue weighted by Gasteiger charge is -2.21. The molecule has 0 aliphatic rings. The summed E-state index contributed by atoms with van der Waals surface area (Å²) in [5.74, 6) is 0.333.